The summed E-state index contributed by atoms with van der Waals surface area (Å²) in [7, 11) is 0. The lowest BCUT2D eigenvalue weighted by Gasteiger charge is -2.23. The molecule has 0 spiro atoms. The van der Waals surface area contributed by atoms with Crippen LogP contribution in [0.4, 0.5) is 0 Å². The Kier molecular flexibility index (Phi) is 5.86. The first kappa shape index (κ1) is 29.0. The van der Waals surface area contributed by atoms with Gasteiger partial charge in [0.25, 0.3) is 0 Å². The fourth-order valence-corrected chi connectivity index (χ4v) is 7.22. The number of hydrogen-bond acceptors (Lipinski definition) is 0. The third kappa shape index (κ3) is 4.36. The van der Waals surface area contributed by atoms with Crippen molar-refractivity contribution in [1.29, 1.82) is 0 Å². The van der Waals surface area contributed by atoms with Gasteiger partial charge >= 0.3 is 0 Å². The largest absolute Gasteiger partial charge is 0.354 e. The Hall–Kier alpha value is -3.78. The number of H-pyrrole nitrogens is 2. The predicted octanol–water partition coefficient (Wildman–Crippen LogP) is 12.5. The van der Waals surface area contributed by atoms with E-state index < -0.39 is 0 Å². The molecular weight excluding hydrogens is 532 g/mol. The third-order valence-electron chi connectivity index (χ3n) is 9.85. The SMILES string of the molecule is CC(C)(C)c1ccc2cc(C(C)(C)C)c3[nH]c4cc5[nH]c6c(C(C)(C)C)cc7ccc(C(C)(C)C)cc7c6c5cc4c3c2c1. The maximum absolute atomic E-state index is 3.93. The van der Waals surface area contributed by atoms with Crippen molar-refractivity contribution in [3.8, 4) is 0 Å². The maximum Gasteiger partial charge on any atom is 0.0509 e. The van der Waals surface area contributed by atoms with E-state index in [9.17, 15) is 0 Å². The molecule has 2 aromatic heterocycles. The van der Waals surface area contributed by atoms with Gasteiger partial charge in [0, 0.05) is 32.6 Å². The molecule has 0 radical (unpaired) electrons. The Bertz CT molecular complexity index is 2130. The molecule has 44 heavy (non-hydrogen) atoms. The highest BCUT2D eigenvalue weighted by molar-refractivity contribution is 6.28. The lowest BCUT2D eigenvalue weighted by atomic mass is 9.81. The van der Waals surface area contributed by atoms with Crippen LogP contribution in [0.1, 0.15) is 105 Å². The van der Waals surface area contributed by atoms with E-state index in [2.05, 4.69) is 154 Å². The molecule has 7 aromatic rings. The number of aromatic amines is 2. The highest BCUT2D eigenvalue weighted by Crippen LogP contribution is 2.45. The van der Waals surface area contributed by atoms with Crippen LogP contribution in [0.5, 0.6) is 0 Å². The molecule has 0 aliphatic carbocycles. The number of fused-ring (bicyclic) bond motifs is 10. The lowest BCUT2D eigenvalue weighted by Crippen LogP contribution is -2.13. The molecule has 0 saturated heterocycles. The molecule has 5 aromatic carbocycles. The first-order chi connectivity index (χ1) is 20.3. The minimum absolute atomic E-state index is 0.00472. The molecule has 0 atom stereocenters. The second-order valence-corrected chi connectivity index (χ2v) is 17.4. The molecule has 7 rings (SSSR count). The Morgan fingerprint density at radius 2 is 0.773 bits per heavy atom. The van der Waals surface area contributed by atoms with Crippen LogP contribution in [-0.2, 0) is 21.7 Å². The summed E-state index contributed by atoms with van der Waals surface area (Å²) in [5, 5.41) is 10.6. The highest BCUT2D eigenvalue weighted by Gasteiger charge is 2.26. The topological polar surface area (TPSA) is 31.6 Å². The fourth-order valence-electron chi connectivity index (χ4n) is 7.22. The molecule has 0 unspecified atom stereocenters. The second kappa shape index (κ2) is 8.90. The maximum atomic E-state index is 3.93. The number of rotatable bonds is 0. The molecule has 2 N–H and O–H groups in total. The number of hydrogen-bond donors (Lipinski definition) is 2. The number of aromatic nitrogens is 2. The van der Waals surface area contributed by atoms with Gasteiger partial charge in [-0.15, -0.1) is 0 Å². The monoisotopic (exact) mass is 580 g/mol. The van der Waals surface area contributed by atoms with E-state index in [0.717, 1.165) is 0 Å². The molecule has 2 nitrogen and oxygen atoms in total. The quantitative estimate of drug-likeness (QED) is 0.179. The van der Waals surface area contributed by atoms with E-state index >= 15 is 0 Å². The minimum atomic E-state index is 0.00472. The van der Waals surface area contributed by atoms with E-state index in [-0.39, 0.29) is 21.7 Å². The van der Waals surface area contributed by atoms with Crippen LogP contribution in [0, 0.1) is 0 Å². The van der Waals surface area contributed by atoms with Crippen LogP contribution in [0.15, 0.2) is 60.7 Å². The van der Waals surface area contributed by atoms with Gasteiger partial charge in [0.1, 0.15) is 0 Å². The number of nitrogens with one attached hydrogen (secondary N) is 2. The zero-order valence-corrected chi connectivity index (χ0v) is 28.8. The molecular formula is C42H48N2. The molecule has 0 fully saturated rings. The average molecular weight is 581 g/mol. The van der Waals surface area contributed by atoms with Crippen LogP contribution in [0.2, 0.25) is 0 Å². The molecule has 2 heteroatoms. The summed E-state index contributed by atoms with van der Waals surface area (Å²) in [5.41, 5.74) is 10.5. The van der Waals surface area contributed by atoms with Crippen molar-refractivity contribution in [3.05, 3.63) is 82.9 Å². The van der Waals surface area contributed by atoms with E-state index in [1.807, 2.05) is 0 Å². The van der Waals surface area contributed by atoms with Crippen molar-refractivity contribution in [2.24, 2.45) is 0 Å². The Labute approximate surface area is 262 Å². The van der Waals surface area contributed by atoms with Crippen LogP contribution in [0.3, 0.4) is 0 Å². The zero-order valence-electron chi connectivity index (χ0n) is 28.8. The van der Waals surface area contributed by atoms with Gasteiger partial charge in [-0.05, 0) is 102 Å². The van der Waals surface area contributed by atoms with Gasteiger partial charge in [0.05, 0.1) is 11.0 Å². The summed E-state index contributed by atoms with van der Waals surface area (Å²) in [5.74, 6) is 0. The highest BCUT2D eigenvalue weighted by atomic mass is 14.7. The van der Waals surface area contributed by atoms with Crippen molar-refractivity contribution in [1.82, 2.24) is 9.97 Å². The first-order valence-electron chi connectivity index (χ1n) is 16.3. The van der Waals surface area contributed by atoms with Crippen molar-refractivity contribution in [2.75, 3.05) is 0 Å². The molecule has 0 aliphatic rings. The van der Waals surface area contributed by atoms with Crippen LogP contribution in [0.25, 0.3) is 65.2 Å². The molecule has 0 amide bonds. The fraction of sp³-hybridized carbons (Fsp3) is 0.381. The molecule has 0 bridgehead atoms. The van der Waals surface area contributed by atoms with Crippen molar-refractivity contribution in [2.45, 2.75) is 105 Å². The average Bonchev–Trinajstić information content (AvgIpc) is 3.46. The van der Waals surface area contributed by atoms with Gasteiger partial charge in [0.15, 0.2) is 0 Å². The summed E-state index contributed by atoms with van der Waals surface area (Å²) in [6.07, 6.45) is 0. The van der Waals surface area contributed by atoms with E-state index in [0.29, 0.717) is 0 Å². The number of benzene rings is 5. The second-order valence-electron chi connectivity index (χ2n) is 17.4. The van der Waals surface area contributed by atoms with Gasteiger partial charge in [-0.2, -0.15) is 0 Å². The van der Waals surface area contributed by atoms with E-state index in [1.54, 1.807) is 0 Å². The van der Waals surface area contributed by atoms with Gasteiger partial charge in [-0.3, -0.25) is 0 Å². The first-order valence-corrected chi connectivity index (χ1v) is 16.3. The molecule has 2 heterocycles. The van der Waals surface area contributed by atoms with Crippen LogP contribution < -0.4 is 0 Å². The lowest BCUT2D eigenvalue weighted by molar-refractivity contribution is 0.590. The third-order valence-corrected chi connectivity index (χ3v) is 9.85. The van der Waals surface area contributed by atoms with Crippen molar-refractivity contribution >= 4 is 65.2 Å². The Morgan fingerprint density at radius 3 is 1.11 bits per heavy atom. The van der Waals surface area contributed by atoms with Gasteiger partial charge < -0.3 is 9.97 Å². The normalized spacial score (nSPS) is 13.9. The van der Waals surface area contributed by atoms with Gasteiger partial charge in [0.2, 0.25) is 0 Å². The summed E-state index contributed by atoms with van der Waals surface area (Å²) in [6.45, 7) is 27.8. The van der Waals surface area contributed by atoms with E-state index in [4.69, 9.17) is 0 Å². The predicted molar refractivity (Wildman–Crippen MR) is 195 cm³/mol. The summed E-state index contributed by atoms with van der Waals surface area (Å²) < 4.78 is 0. The van der Waals surface area contributed by atoms with E-state index in [1.165, 1.54) is 87.4 Å². The Morgan fingerprint density at radius 1 is 0.386 bits per heavy atom. The minimum Gasteiger partial charge on any atom is -0.354 e. The van der Waals surface area contributed by atoms with Crippen LogP contribution >= 0.6 is 0 Å². The summed E-state index contributed by atoms with van der Waals surface area (Å²) in [6, 6.07) is 23.9. The standard InChI is InChI=1S/C42H48N2/c1-39(2,3)25-15-13-23-17-31(41(7,8)9)37-35(27(23)19-25)29-21-30-34(22-33(29)43-37)44-38-32(42(10,11)12)18-24-14-16-26(40(4,5)6)20-28(24)36(30)38/h13-22,43-44H,1-12H3. The summed E-state index contributed by atoms with van der Waals surface area (Å²) in [4.78, 5) is 7.86. The van der Waals surface area contributed by atoms with Gasteiger partial charge in [-0.25, -0.2) is 0 Å². The van der Waals surface area contributed by atoms with Crippen molar-refractivity contribution in [3.63, 3.8) is 0 Å². The smallest absolute Gasteiger partial charge is 0.0509 e. The summed E-state index contributed by atoms with van der Waals surface area (Å²) >= 11 is 0. The molecule has 226 valence electrons. The van der Waals surface area contributed by atoms with Crippen molar-refractivity contribution < 1.29 is 0 Å². The van der Waals surface area contributed by atoms with Gasteiger partial charge in [-0.1, -0.05) is 107 Å². The molecule has 0 aliphatic heterocycles. The Balaban J connectivity index is 1.70. The zero-order chi connectivity index (χ0) is 31.7. The van der Waals surface area contributed by atoms with Crippen LogP contribution in [-0.4, -0.2) is 9.97 Å². The molecule has 0 saturated carbocycles.